The van der Waals surface area contributed by atoms with Gasteiger partial charge in [0.15, 0.2) is 0 Å². The van der Waals surface area contributed by atoms with E-state index in [-0.39, 0.29) is 11.1 Å². The zero-order valence-corrected chi connectivity index (χ0v) is 14.5. The molecule has 0 N–H and O–H groups in total. The summed E-state index contributed by atoms with van der Waals surface area (Å²) in [6.45, 7) is 6.40. The highest BCUT2D eigenvalue weighted by Gasteiger charge is 2.21. The fraction of sp³-hybridized carbons (Fsp3) is 0.421. The van der Waals surface area contributed by atoms with E-state index in [0.29, 0.717) is 29.7 Å². The Labute approximate surface area is 146 Å². The summed E-state index contributed by atoms with van der Waals surface area (Å²) in [5, 5.41) is 8.86. The number of hydrogen-bond donors (Lipinski definition) is 0. The zero-order chi connectivity index (χ0) is 18.0. The van der Waals surface area contributed by atoms with Crippen molar-refractivity contribution in [3.8, 4) is 17.3 Å². The minimum atomic E-state index is -0.602. The molecule has 0 atom stereocenters. The molecule has 0 amide bonds. The maximum atomic E-state index is 13.9. The van der Waals surface area contributed by atoms with E-state index >= 15 is 0 Å². The van der Waals surface area contributed by atoms with Gasteiger partial charge in [-0.3, -0.25) is 9.36 Å². The summed E-state index contributed by atoms with van der Waals surface area (Å²) in [5.41, 5.74) is 0.775. The topological polar surface area (TPSA) is 61.9 Å². The highest BCUT2D eigenvalue weighted by Crippen LogP contribution is 2.24. The van der Waals surface area contributed by atoms with Crippen molar-refractivity contribution in [3.05, 3.63) is 46.0 Å². The molecule has 1 aromatic heterocycles. The molecule has 1 saturated heterocycles. The van der Waals surface area contributed by atoms with Gasteiger partial charge in [0.1, 0.15) is 11.9 Å². The van der Waals surface area contributed by atoms with E-state index in [1.807, 2.05) is 6.92 Å². The van der Waals surface area contributed by atoms with E-state index in [1.54, 1.807) is 16.7 Å². The molecule has 1 aliphatic heterocycles. The van der Waals surface area contributed by atoms with Crippen molar-refractivity contribution in [1.29, 1.82) is 5.26 Å². The van der Waals surface area contributed by atoms with Gasteiger partial charge in [0.25, 0.3) is 5.56 Å². The summed E-state index contributed by atoms with van der Waals surface area (Å²) < 4.78 is 15.6. The van der Waals surface area contributed by atoms with Gasteiger partial charge in [0.05, 0.1) is 11.3 Å². The van der Waals surface area contributed by atoms with Gasteiger partial charge in [-0.1, -0.05) is 13.0 Å². The summed E-state index contributed by atoms with van der Waals surface area (Å²) >= 11 is 0. The number of hydrogen-bond acceptors (Lipinski definition) is 4. The summed E-state index contributed by atoms with van der Waals surface area (Å²) in [7, 11) is 0. The van der Waals surface area contributed by atoms with Gasteiger partial charge in [0.2, 0.25) is 5.95 Å². The Hall–Kier alpha value is -2.68. The standard InChI is InChI=1S/C19H21FN4O/c1-3-24-18(25)11-17(14-4-5-15(12-21)16(20)10-14)22-19(24)23-8-6-13(2)7-9-23/h4-5,10-11,13H,3,6-9H2,1-2H3. The van der Waals surface area contributed by atoms with Gasteiger partial charge >= 0.3 is 0 Å². The molecule has 2 heterocycles. The van der Waals surface area contributed by atoms with E-state index in [4.69, 9.17) is 5.26 Å². The fourth-order valence-corrected chi connectivity index (χ4v) is 3.15. The van der Waals surface area contributed by atoms with Crippen molar-refractivity contribution >= 4 is 5.95 Å². The van der Waals surface area contributed by atoms with Gasteiger partial charge in [-0.2, -0.15) is 5.26 Å². The Morgan fingerprint density at radius 1 is 1.32 bits per heavy atom. The first-order valence-corrected chi connectivity index (χ1v) is 8.60. The van der Waals surface area contributed by atoms with E-state index in [2.05, 4.69) is 16.8 Å². The Morgan fingerprint density at radius 2 is 2.04 bits per heavy atom. The highest BCUT2D eigenvalue weighted by atomic mass is 19.1. The lowest BCUT2D eigenvalue weighted by atomic mass is 9.99. The molecule has 0 unspecified atom stereocenters. The predicted molar refractivity (Wildman–Crippen MR) is 94.9 cm³/mol. The fourth-order valence-electron chi connectivity index (χ4n) is 3.15. The third-order valence-corrected chi connectivity index (χ3v) is 4.76. The van der Waals surface area contributed by atoms with Crippen LogP contribution in [0.5, 0.6) is 0 Å². The second-order valence-electron chi connectivity index (χ2n) is 6.50. The monoisotopic (exact) mass is 340 g/mol. The van der Waals surface area contributed by atoms with Crippen LogP contribution in [0.4, 0.5) is 10.3 Å². The van der Waals surface area contributed by atoms with Gasteiger partial charge in [0, 0.05) is 31.3 Å². The Balaban J connectivity index is 2.06. The molecule has 2 aromatic rings. The van der Waals surface area contributed by atoms with Crippen LogP contribution >= 0.6 is 0 Å². The van der Waals surface area contributed by atoms with Gasteiger partial charge < -0.3 is 4.90 Å². The number of rotatable bonds is 3. The molecule has 130 valence electrons. The smallest absolute Gasteiger partial charge is 0.255 e. The number of nitrogens with zero attached hydrogens (tertiary/aromatic N) is 4. The second-order valence-corrected chi connectivity index (χ2v) is 6.50. The zero-order valence-electron chi connectivity index (χ0n) is 14.5. The third-order valence-electron chi connectivity index (χ3n) is 4.76. The largest absolute Gasteiger partial charge is 0.342 e. The average molecular weight is 340 g/mol. The van der Waals surface area contributed by atoms with Gasteiger partial charge in [-0.05, 0) is 37.8 Å². The molecule has 1 aliphatic rings. The average Bonchev–Trinajstić information content (AvgIpc) is 2.61. The van der Waals surface area contributed by atoms with E-state index in [1.165, 1.54) is 18.2 Å². The lowest BCUT2D eigenvalue weighted by Crippen LogP contribution is -2.38. The van der Waals surface area contributed by atoms with Gasteiger partial charge in [-0.15, -0.1) is 0 Å². The minimum Gasteiger partial charge on any atom is -0.342 e. The molecule has 0 saturated carbocycles. The van der Waals surface area contributed by atoms with Crippen LogP contribution in [0.3, 0.4) is 0 Å². The molecule has 5 nitrogen and oxygen atoms in total. The number of anilines is 1. The summed E-state index contributed by atoms with van der Waals surface area (Å²) in [6, 6.07) is 7.54. The van der Waals surface area contributed by atoms with Crippen molar-refractivity contribution in [2.45, 2.75) is 33.2 Å². The lowest BCUT2D eigenvalue weighted by Gasteiger charge is -2.32. The predicted octanol–water partition coefficient (Wildman–Crippen LogP) is 3.18. The number of halogens is 1. The SMILES string of the molecule is CCn1c(N2CCC(C)CC2)nc(-c2ccc(C#N)c(F)c2)cc1=O. The van der Waals surface area contributed by atoms with Crippen LogP contribution in [-0.2, 0) is 6.54 Å². The van der Waals surface area contributed by atoms with E-state index in [0.717, 1.165) is 25.9 Å². The summed E-state index contributed by atoms with van der Waals surface area (Å²) in [5.74, 6) is 0.713. The van der Waals surface area contributed by atoms with Crippen molar-refractivity contribution in [2.75, 3.05) is 18.0 Å². The van der Waals surface area contributed by atoms with E-state index < -0.39 is 5.82 Å². The maximum Gasteiger partial charge on any atom is 0.255 e. The number of nitriles is 1. The molecule has 3 rings (SSSR count). The summed E-state index contributed by atoms with van der Waals surface area (Å²) in [4.78, 5) is 19.3. The highest BCUT2D eigenvalue weighted by molar-refractivity contribution is 5.61. The molecule has 0 aliphatic carbocycles. The van der Waals surface area contributed by atoms with Crippen LogP contribution in [0, 0.1) is 23.1 Å². The molecular formula is C19H21FN4O. The number of benzene rings is 1. The van der Waals surface area contributed by atoms with Crippen LogP contribution in [0.1, 0.15) is 32.3 Å². The Bertz CT molecular complexity index is 876. The first-order chi connectivity index (χ1) is 12.0. The molecule has 0 spiro atoms. The molecule has 1 aromatic carbocycles. The maximum absolute atomic E-state index is 13.9. The van der Waals surface area contributed by atoms with Gasteiger partial charge in [-0.25, -0.2) is 9.37 Å². The molecular weight excluding hydrogens is 319 g/mol. The first kappa shape index (κ1) is 17.2. The van der Waals surface area contributed by atoms with Crippen molar-refractivity contribution in [3.63, 3.8) is 0 Å². The Kier molecular flexibility index (Phi) is 4.84. The lowest BCUT2D eigenvalue weighted by molar-refractivity contribution is 0.429. The summed E-state index contributed by atoms with van der Waals surface area (Å²) in [6.07, 6.45) is 2.13. The molecule has 6 heteroatoms. The van der Waals surface area contributed by atoms with Crippen LogP contribution in [-0.4, -0.2) is 22.6 Å². The molecule has 25 heavy (non-hydrogen) atoms. The quantitative estimate of drug-likeness (QED) is 0.861. The van der Waals surface area contributed by atoms with Crippen LogP contribution in [0.2, 0.25) is 0 Å². The minimum absolute atomic E-state index is 0.0177. The number of piperidine rings is 1. The van der Waals surface area contributed by atoms with Crippen molar-refractivity contribution in [1.82, 2.24) is 9.55 Å². The van der Waals surface area contributed by atoms with Crippen LogP contribution in [0.25, 0.3) is 11.3 Å². The Morgan fingerprint density at radius 3 is 2.64 bits per heavy atom. The van der Waals surface area contributed by atoms with E-state index in [9.17, 15) is 9.18 Å². The molecule has 1 fully saturated rings. The molecule has 0 radical (unpaired) electrons. The third kappa shape index (κ3) is 3.41. The second kappa shape index (κ2) is 7.06. The number of aromatic nitrogens is 2. The van der Waals surface area contributed by atoms with Crippen LogP contribution < -0.4 is 10.5 Å². The van der Waals surface area contributed by atoms with Crippen LogP contribution in [0.15, 0.2) is 29.1 Å². The molecule has 0 bridgehead atoms. The van der Waals surface area contributed by atoms with Crippen molar-refractivity contribution < 1.29 is 4.39 Å². The first-order valence-electron chi connectivity index (χ1n) is 8.60. The van der Waals surface area contributed by atoms with Crippen molar-refractivity contribution in [2.24, 2.45) is 5.92 Å². The normalized spacial score (nSPS) is 15.2.